The molecule has 2 atom stereocenters. The topological polar surface area (TPSA) is 12.5 Å². The van der Waals surface area contributed by atoms with Gasteiger partial charge in [-0.05, 0) is 23.5 Å². The predicted molar refractivity (Wildman–Crippen MR) is 55.0 cm³/mol. The smallest absolute Gasteiger partial charge is 0.0575 e. The number of hydroxylamine groups is 2. The van der Waals surface area contributed by atoms with Crippen molar-refractivity contribution in [1.82, 2.24) is 5.06 Å². The minimum absolute atomic E-state index is 0.714. The molecule has 0 bridgehead atoms. The highest BCUT2D eigenvalue weighted by Gasteiger charge is 2.39. The number of nitrogens with zero attached hydrogens (tertiary/aromatic N) is 1. The van der Waals surface area contributed by atoms with Gasteiger partial charge in [-0.2, -0.15) is 5.06 Å². The third kappa shape index (κ3) is 1.11. The van der Waals surface area contributed by atoms with Gasteiger partial charge >= 0.3 is 0 Å². The van der Waals surface area contributed by atoms with Crippen molar-refractivity contribution in [2.45, 2.75) is 12.3 Å². The van der Waals surface area contributed by atoms with Gasteiger partial charge in [-0.15, -0.1) is 0 Å². The van der Waals surface area contributed by atoms with Crippen LogP contribution in [0.15, 0.2) is 24.3 Å². The van der Waals surface area contributed by atoms with E-state index in [0.29, 0.717) is 5.92 Å². The van der Waals surface area contributed by atoms with E-state index in [-0.39, 0.29) is 0 Å². The Bertz CT molecular complexity index is 350. The van der Waals surface area contributed by atoms with Crippen LogP contribution in [0.1, 0.15) is 17.0 Å². The van der Waals surface area contributed by atoms with E-state index in [4.69, 9.17) is 4.84 Å². The fraction of sp³-hybridized carbons (Fsp3) is 0.500. The summed E-state index contributed by atoms with van der Waals surface area (Å²) in [5.41, 5.74) is 3.11. The van der Waals surface area contributed by atoms with E-state index in [1.165, 1.54) is 6.42 Å². The Morgan fingerprint density at radius 1 is 1.29 bits per heavy atom. The van der Waals surface area contributed by atoms with Crippen molar-refractivity contribution < 1.29 is 4.84 Å². The molecular weight excluding hydrogens is 174 g/mol. The van der Waals surface area contributed by atoms with Crippen LogP contribution in [-0.2, 0) is 11.3 Å². The monoisotopic (exact) mass is 189 g/mol. The van der Waals surface area contributed by atoms with Gasteiger partial charge in [0.2, 0.25) is 0 Å². The molecule has 2 unspecified atom stereocenters. The predicted octanol–water partition coefficient (Wildman–Crippen LogP) is 1.82. The summed E-state index contributed by atoms with van der Waals surface area (Å²) in [5, 5.41) is 2.09. The van der Waals surface area contributed by atoms with Crippen LogP contribution in [0.4, 0.5) is 0 Å². The molecule has 14 heavy (non-hydrogen) atoms. The van der Waals surface area contributed by atoms with Gasteiger partial charge in [0.05, 0.1) is 7.11 Å². The molecule has 1 aromatic carbocycles. The number of benzene rings is 1. The Morgan fingerprint density at radius 2 is 2.14 bits per heavy atom. The van der Waals surface area contributed by atoms with Crippen molar-refractivity contribution in [2.75, 3.05) is 20.2 Å². The Morgan fingerprint density at radius 3 is 3.00 bits per heavy atom. The van der Waals surface area contributed by atoms with E-state index >= 15 is 0 Å². The molecule has 2 aliphatic rings. The Balaban J connectivity index is 1.92. The minimum atomic E-state index is 0.714. The molecule has 1 aliphatic carbocycles. The molecule has 1 aromatic rings. The zero-order valence-corrected chi connectivity index (χ0v) is 8.44. The average Bonchev–Trinajstić information content (AvgIpc) is 2.73. The van der Waals surface area contributed by atoms with E-state index in [9.17, 15) is 0 Å². The van der Waals surface area contributed by atoms with Crippen molar-refractivity contribution in [2.24, 2.45) is 5.92 Å². The van der Waals surface area contributed by atoms with Crippen LogP contribution in [0, 0.1) is 5.92 Å². The van der Waals surface area contributed by atoms with Gasteiger partial charge in [0.15, 0.2) is 0 Å². The Labute approximate surface area is 84.4 Å². The lowest BCUT2D eigenvalue weighted by Crippen LogP contribution is -2.20. The molecule has 0 spiro atoms. The van der Waals surface area contributed by atoms with Crippen LogP contribution < -0.4 is 0 Å². The first-order valence-electron chi connectivity index (χ1n) is 5.25. The van der Waals surface area contributed by atoms with Crippen LogP contribution >= 0.6 is 0 Å². The van der Waals surface area contributed by atoms with Crippen LogP contribution in [0.3, 0.4) is 0 Å². The second kappa shape index (κ2) is 3.07. The summed E-state index contributed by atoms with van der Waals surface area (Å²) in [6.07, 6.45) is 1.24. The molecule has 0 N–H and O–H groups in total. The molecule has 0 amide bonds. The maximum atomic E-state index is 5.30. The maximum Gasteiger partial charge on any atom is 0.0575 e. The van der Waals surface area contributed by atoms with Gasteiger partial charge in [-0.25, -0.2) is 0 Å². The summed E-state index contributed by atoms with van der Waals surface area (Å²) in [7, 11) is 1.77. The van der Waals surface area contributed by atoms with Crippen molar-refractivity contribution in [3.8, 4) is 0 Å². The van der Waals surface area contributed by atoms with E-state index in [1.54, 1.807) is 18.2 Å². The third-order valence-electron chi connectivity index (χ3n) is 3.60. The minimum Gasteiger partial charge on any atom is -0.302 e. The maximum absolute atomic E-state index is 5.30. The fourth-order valence-corrected chi connectivity index (χ4v) is 2.90. The summed E-state index contributed by atoms with van der Waals surface area (Å²) < 4.78 is 0. The Hall–Kier alpha value is -0.860. The molecule has 2 nitrogen and oxygen atoms in total. The molecule has 0 radical (unpaired) electrons. The highest BCUT2D eigenvalue weighted by Crippen LogP contribution is 2.42. The van der Waals surface area contributed by atoms with Crippen LogP contribution in [-0.4, -0.2) is 25.3 Å². The molecule has 1 saturated heterocycles. The van der Waals surface area contributed by atoms with Gasteiger partial charge in [0.1, 0.15) is 0 Å². The number of rotatable bonds is 1. The number of hydrogen-bond acceptors (Lipinski definition) is 2. The molecular formula is C12H15NO. The van der Waals surface area contributed by atoms with Crippen LogP contribution in [0.5, 0.6) is 0 Å². The lowest BCUT2D eigenvalue weighted by atomic mass is 9.97. The molecule has 74 valence electrons. The molecule has 1 heterocycles. The van der Waals surface area contributed by atoms with Gasteiger partial charge < -0.3 is 4.84 Å². The summed E-state index contributed by atoms with van der Waals surface area (Å²) in [6, 6.07) is 8.84. The SMILES string of the molecule is CON1CC2Cc3ccccc3C2C1. The first kappa shape index (κ1) is 8.45. The summed E-state index contributed by atoms with van der Waals surface area (Å²) in [6.45, 7) is 2.16. The fourth-order valence-electron chi connectivity index (χ4n) is 2.90. The van der Waals surface area contributed by atoms with Gasteiger partial charge in [0.25, 0.3) is 0 Å². The van der Waals surface area contributed by atoms with E-state index in [2.05, 4.69) is 29.3 Å². The largest absolute Gasteiger partial charge is 0.302 e. The second-order valence-corrected chi connectivity index (χ2v) is 4.30. The van der Waals surface area contributed by atoms with Crippen molar-refractivity contribution in [3.05, 3.63) is 35.4 Å². The van der Waals surface area contributed by atoms with E-state index in [1.807, 2.05) is 0 Å². The van der Waals surface area contributed by atoms with E-state index in [0.717, 1.165) is 19.0 Å². The quantitative estimate of drug-likeness (QED) is 0.668. The molecule has 1 fully saturated rings. The zero-order chi connectivity index (χ0) is 9.54. The summed E-state index contributed by atoms with van der Waals surface area (Å²) in [4.78, 5) is 5.30. The molecule has 1 aliphatic heterocycles. The average molecular weight is 189 g/mol. The first-order valence-corrected chi connectivity index (χ1v) is 5.25. The number of fused-ring (bicyclic) bond motifs is 3. The summed E-state index contributed by atoms with van der Waals surface area (Å²) in [5.74, 6) is 1.50. The molecule has 3 rings (SSSR count). The van der Waals surface area contributed by atoms with Gasteiger partial charge in [-0.1, -0.05) is 24.3 Å². The van der Waals surface area contributed by atoms with Gasteiger partial charge in [-0.3, -0.25) is 0 Å². The molecule has 2 heteroatoms. The van der Waals surface area contributed by atoms with Crippen LogP contribution in [0.2, 0.25) is 0 Å². The lowest BCUT2D eigenvalue weighted by molar-refractivity contribution is -0.115. The van der Waals surface area contributed by atoms with Crippen LogP contribution in [0.25, 0.3) is 0 Å². The molecule has 0 aromatic heterocycles. The van der Waals surface area contributed by atoms with E-state index < -0.39 is 0 Å². The highest BCUT2D eigenvalue weighted by molar-refractivity contribution is 5.37. The zero-order valence-electron chi connectivity index (χ0n) is 8.44. The van der Waals surface area contributed by atoms with Crippen molar-refractivity contribution in [3.63, 3.8) is 0 Å². The molecule has 0 saturated carbocycles. The third-order valence-corrected chi connectivity index (χ3v) is 3.60. The summed E-state index contributed by atoms with van der Waals surface area (Å²) >= 11 is 0. The van der Waals surface area contributed by atoms with Gasteiger partial charge in [0, 0.05) is 19.0 Å². The van der Waals surface area contributed by atoms with Crippen molar-refractivity contribution in [1.29, 1.82) is 0 Å². The standard InChI is InChI=1S/C12H15NO/c1-14-13-7-10-6-9-4-2-3-5-11(9)12(10)8-13/h2-5,10,12H,6-8H2,1H3. The first-order chi connectivity index (χ1) is 6.88. The van der Waals surface area contributed by atoms with Crippen molar-refractivity contribution >= 4 is 0 Å². The highest BCUT2D eigenvalue weighted by atomic mass is 16.7. The Kier molecular flexibility index (Phi) is 1.85. The number of hydrogen-bond donors (Lipinski definition) is 0. The normalized spacial score (nSPS) is 30.4. The lowest BCUT2D eigenvalue weighted by Gasteiger charge is -2.13. The second-order valence-electron chi connectivity index (χ2n) is 4.30.